The van der Waals surface area contributed by atoms with Gasteiger partial charge in [-0.25, -0.2) is 0 Å². The largest absolute Gasteiger partial charge is 0.469 e. The highest BCUT2D eigenvalue weighted by molar-refractivity contribution is 7.84. The summed E-state index contributed by atoms with van der Waals surface area (Å²) in [6.07, 6.45) is -0.513. The van der Waals surface area contributed by atoms with E-state index in [1.807, 2.05) is 0 Å². The minimum atomic E-state index is -1.83. The van der Waals surface area contributed by atoms with Gasteiger partial charge in [0, 0.05) is 6.07 Å². The summed E-state index contributed by atoms with van der Waals surface area (Å²) in [4.78, 5) is 32.3. The third kappa shape index (κ3) is 4.48. The monoisotopic (exact) mass is 378 g/mol. The maximum Gasteiger partial charge on any atom is 0.310 e. The van der Waals surface area contributed by atoms with Crippen LogP contribution in [0.1, 0.15) is 11.1 Å². The molecule has 26 heavy (non-hydrogen) atoms. The number of carbonyl (C=O) groups excluding carboxylic acids is 1. The van der Waals surface area contributed by atoms with Crippen LogP contribution in [0.4, 0.5) is 11.4 Å². The Morgan fingerprint density at radius 2 is 1.77 bits per heavy atom. The van der Waals surface area contributed by atoms with Gasteiger partial charge in [-0.15, -0.1) is 0 Å². The number of benzene rings is 2. The van der Waals surface area contributed by atoms with Crippen molar-refractivity contribution in [3.8, 4) is 0 Å². The van der Waals surface area contributed by atoms with E-state index in [2.05, 4.69) is 4.74 Å². The molecule has 2 aromatic rings. The van der Waals surface area contributed by atoms with Gasteiger partial charge in [-0.3, -0.25) is 29.2 Å². The predicted octanol–water partition coefficient (Wildman–Crippen LogP) is 2.53. The van der Waals surface area contributed by atoms with Crippen molar-refractivity contribution in [2.45, 2.75) is 17.1 Å². The van der Waals surface area contributed by atoms with Gasteiger partial charge in [-0.05, 0) is 5.56 Å². The lowest BCUT2D eigenvalue weighted by Crippen LogP contribution is -2.12. The lowest BCUT2D eigenvalue weighted by Gasteiger charge is -2.10. The van der Waals surface area contributed by atoms with Crippen molar-refractivity contribution >= 4 is 28.1 Å². The number of ether oxygens (including phenoxy) is 1. The third-order valence-corrected chi connectivity index (χ3v) is 4.96. The summed E-state index contributed by atoms with van der Waals surface area (Å²) >= 11 is 0. The van der Waals surface area contributed by atoms with Crippen LogP contribution < -0.4 is 0 Å². The Balaban J connectivity index is 2.59. The molecular formula is C16H14N2O7S. The number of hydrogen-bond acceptors (Lipinski definition) is 7. The number of nitro benzene ring substituents is 2. The van der Waals surface area contributed by atoms with Gasteiger partial charge in [-0.2, -0.15) is 0 Å². The number of hydrogen-bond donors (Lipinski definition) is 0. The Morgan fingerprint density at radius 3 is 2.31 bits per heavy atom. The molecular weight excluding hydrogens is 364 g/mol. The number of non-ortho nitro benzene ring substituents is 1. The van der Waals surface area contributed by atoms with Gasteiger partial charge in [0.15, 0.2) is 0 Å². The molecule has 0 aromatic heterocycles. The van der Waals surface area contributed by atoms with E-state index in [0.29, 0.717) is 5.56 Å². The predicted molar refractivity (Wildman–Crippen MR) is 92.0 cm³/mol. The summed E-state index contributed by atoms with van der Waals surface area (Å²) in [7, 11) is -0.723. The van der Waals surface area contributed by atoms with Gasteiger partial charge >= 0.3 is 5.97 Å². The maximum atomic E-state index is 12.8. The van der Waals surface area contributed by atoms with E-state index in [-0.39, 0.29) is 16.2 Å². The van der Waals surface area contributed by atoms with E-state index in [0.717, 1.165) is 19.2 Å². The van der Waals surface area contributed by atoms with Crippen molar-refractivity contribution in [3.63, 3.8) is 0 Å². The number of rotatable bonds is 7. The van der Waals surface area contributed by atoms with Gasteiger partial charge in [0.1, 0.15) is 0 Å². The number of esters is 1. The maximum absolute atomic E-state index is 12.8. The number of nitrogens with zero attached hydrogens (tertiary/aromatic N) is 2. The molecule has 0 radical (unpaired) electrons. The number of methoxy groups -OCH3 is 1. The first-order valence-corrected chi connectivity index (χ1v) is 8.60. The van der Waals surface area contributed by atoms with E-state index in [4.69, 9.17) is 0 Å². The summed E-state index contributed by atoms with van der Waals surface area (Å²) in [6, 6.07) is 10.4. The summed E-state index contributed by atoms with van der Waals surface area (Å²) in [5.74, 6) is -0.784. The molecule has 0 aliphatic rings. The molecule has 1 unspecified atom stereocenters. The van der Waals surface area contributed by atoms with Crippen LogP contribution in [-0.2, 0) is 32.5 Å². The van der Waals surface area contributed by atoms with Crippen LogP contribution in [0.3, 0.4) is 0 Å². The molecule has 10 heteroatoms. The fraction of sp³-hybridized carbons (Fsp3) is 0.188. The van der Waals surface area contributed by atoms with Crippen LogP contribution in [0.25, 0.3) is 0 Å². The van der Waals surface area contributed by atoms with Crippen molar-refractivity contribution in [2.75, 3.05) is 7.11 Å². The zero-order chi connectivity index (χ0) is 19.3. The normalized spacial score (nSPS) is 11.6. The average Bonchev–Trinajstić information content (AvgIpc) is 2.61. The Bertz CT molecular complexity index is 884. The molecule has 0 heterocycles. The molecule has 9 nitrogen and oxygen atoms in total. The van der Waals surface area contributed by atoms with Crippen LogP contribution in [0, 0.1) is 20.2 Å². The topological polar surface area (TPSA) is 130 Å². The van der Waals surface area contributed by atoms with Crippen LogP contribution in [-0.4, -0.2) is 27.1 Å². The molecule has 0 saturated heterocycles. The van der Waals surface area contributed by atoms with Gasteiger partial charge < -0.3 is 4.74 Å². The van der Waals surface area contributed by atoms with Gasteiger partial charge in [0.25, 0.3) is 11.4 Å². The quantitative estimate of drug-likeness (QED) is 0.411. The smallest absolute Gasteiger partial charge is 0.310 e. The highest BCUT2D eigenvalue weighted by Crippen LogP contribution is 2.32. The summed E-state index contributed by atoms with van der Waals surface area (Å²) in [5.41, 5.74) is -0.673. The lowest BCUT2D eigenvalue weighted by atomic mass is 10.1. The molecule has 0 fully saturated rings. The van der Waals surface area contributed by atoms with Crippen molar-refractivity contribution in [2.24, 2.45) is 0 Å². The molecule has 0 aliphatic carbocycles. The van der Waals surface area contributed by atoms with E-state index in [9.17, 15) is 29.2 Å². The highest BCUT2D eigenvalue weighted by Gasteiger charge is 2.28. The molecule has 2 rings (SSSR count). The SMILES string of the molecule is COC(=O)Cc1c([N+](=O)[O-])cc([N+](=O)[O-])cc1S(=O)Cc1ccccc1. The Kier molecular flexibility index (Phi) is 6.12. The fourth-order valence-corrected chi connectivity index (χ4v) is 3.64. The first kappa shape index (κ1) is 19.2. The van der Waals surface area contributed by atoms with Gasteiger partial charge in [-0.1, -0.05) is 30.3 Å². The zero-order valence-corrected chi connectivity index (χ0v) is 14.4. The molecule has 0 spiro atoms. The minimum absolute atomic E-state index is 0.00661. The number of nitro groups is 2. The minimum Gasteiger partial charge on any atom is -0.469 e. The zero-order valence-electron chi connectivity index (χ0n) is 13.6. The molecule has 0 aliphatic heterocycles. The third-order valence-electron chi connectivity index (χ3n) is 3.51. The molecule has 0 amide bonds. The van der Waals surface area contributed by atoms with E-state index in [1.165, 1.54) is 0 Å². The van der Waals surface area contributed by atoms with Crippen LogP contribution >= 0.6 is 0 Å². The molecule has 136 valence electrons. The molecule has 1 atom stereocenters. The first-order chi connectivity index (χ1) is 12.3. The summed E-state index contributed by atoms with van der Waals surface area (Å²) in [6.45, 7) is 0. The lowest BCUT2D eigenvalue weighted by molar-refractivity contribution is -0.395. The number of carbonyl (C=O) groups is 1. The Hall–Kier alpha value is -3.14. The van der Waals surface area contributed by atoms with Crippen molar-refractivity contribution < 1.29 is 23.6 Å². The second-order valence-electron chi connectivity index (χ2n) is 5.18. The highest BCUT2D eigenvalue weighted by atomic mass is 32.2. The van der Waals surface area contributed by atoms with Crippen LogP contribution in [0.2, 0.25) is 0 Å². The van der Waals surface area contributed by atoms with Crippen LogP contribution in [0.5, 0.6) is 0 Å². The molecule has 0 saturated carbocycles. The van der Waals surface area contributed by atoms with Crippen molar-refractivity contribution in [1.29, 1.82) is 0 Å². The first-order valence-electron chi connectivity index (χ1n) is 7.28. The standard InChI is InChI=1S/C16H14N2O7S/c1-25-16(19)9-13-14(18(22)23)7-12(17(20)21)8-15(13)26(24)10-11-5-3-2-4-6-11/h2-8H,9-10H2,1H3. The van der Waals surface area contributed by atoms with Crippen molar-refractivity contribution in [1.82, 2.24) is 0 Å². The van der Waals surface area contributed by atoms with E-state index in [1.54, 1.807) is 30.3 Å². The van der Waals surface area contributed by atoms with Crippen LogP contribution in [0.15, 0.2) is 47.4 Å². The van der Waals surface area contributed by atoms with Crippen molar-refractivity contribution in [3.05, 3.63) is 73.8 Å². The second-order valence-corrected chi connectivity index (χ2v) is 6.60. The fourth-order valence-electron chi connectivity index (χ4n) is 2.29. The van der Waals surface area contributed by atoms with Gasteiger partial charge in [0.2, 0.25) is 0 Å². The average molecular weight is 378 g/mol. The summed E-state index contributed by atoms with van der Waals surface area (Å²) < 4.78 is 17.3. The van der Waals surface area contributed by atoms with E-state index >= 15 is 0 Å². The molecule has 0 N–H and O–H groups in total. The van der Waals surface area contributed by atoms with E-state index < -0.39 is 44.4 Å². The second kappa shape index (κ2) is 8.30. The van der Waals surface area contributed by atoms with Gasteiger partial charge in [0.05, 0.1) is 56.5 Å². The Labute approximate surface area is 150 Å². The molecule has 2 aromatic carbocycles. The Morgan fingerprint density at radius 1 is 1.12 bits per heavy atom. The molecule has 0 bridgehead atoms. The summed E-state index contributed by atoms with van der Waals surface area (Å²) in [5, 5.41) is 22.4.